The molecular weight excluding hydrogens is 358 g/mol. The van der Waals surface area contributed by atoms with E-state index in [-0.39, 0.29) is 10.5 Å². The predicted octanol–water partition coefficient (Wildman–Crippen LogP) is 1.05. The Labute approximate surface area is 152 Å². The van der Waals surface area contributed by atoms with Crippen LogP contribution >= 0.6 is 0 Å². The normalized spacial score (nSPS) is 16.1. The lowest BCUT2D eigenvalue weighted by Gasteiger charge is -2.21. The molecule has 0 radical (unpaired) electrons. The Hall–Kier alpha value is -2.44. The van der Waals surface area contributed by atoms with Gasteiger partial charge >= 0.3 is 5.97 Å². The molecule has 1 aliphatic carbocycles. The van der Waals surface area contributed by atoms with Crippen LogP contribution in [0.25, 0.3) is 0 Å². The standard InChI is InChI=1S/C17H21N3O5S/c1-20(2)26(23,24)14-7-5-13(6-8-14)16(22)25-11-15(21)19-17(12-18)9-3-4-10-17/h5-8H,3-4,9-11H2,1-2H3,(H,19,21). The van der Waals surface area contributed by atoms with Gasteiger partial charge in [0.25, 0.3) is 5.91 Å². The number of carbonyl (C=O) groups excluding carboxylic acids is 2. The van der Waals surface area contributed by atoms with E-state index < -0.39 is 34.0 Å². The number of hydrogen-bond donors (Lipinski definition) is 1. The first-order chi connectivity index (χ1) is 12.2. The Morgan fingerprint density at radius 3 is 2.31 bits per heavy atom. The van der Waals surface area contributed by atoms with Gasteiger partial charge in [-0.1, -0.05) is 0 Å². The first-order valence-electron chi connectivity index (χ1n) is 8.12. The van der Waals surface area contributed by atoms with Gasteiger partial charge in [-0.25, -0.2) is 17.5 Å². The molecular formula is C17H21N3O5S. The molecule has 9 heteroatoms. The maximum Gasteiger partial charge on any atom is 0.338 e. The highest BCUT2D eigenvalue weighted by Crippen LogP contribution is 2.28. The van der Waals surface area contributed by atoms with Crippen LogP contribution < -0.4 is 5.32 Å². The monoisotopic (exact) mass is 379 g/mol. The van der Waals surface area contributed by atoms with Crippen LogP contribution in [0.15, 0.2) is 29.2 Å². The molecule has 1 aliphatic rings. The largest absolute Gasteiger partial charge is 0.452 e. The van der Waals surface area contributed by atoms with Crippen LogP contribution in [-0.2, 0) is 19.6 Å². The van der Waals surface area contributed by atoms with Gasteiger partial charge in [0.1, 0.15) is 5.54 Å². The summed E-state index contributed by atoms with van der Waals surface area (Å²) in [7, 11) is -0.759. The van der Waals surface area contributed by atoms with Crippen molar-refractivity contribution < 1.29 is 22.7 Å². The minimum Gasteiger partial charge on any atom is -0.452 e. The number of ether oxygens (including phenoxy) is 1. The highest BCUT2D eigenvalue weighted by molar-refractivity contribution is 7.89. The lowest BCUT2D eigenvalue weighted by Crippen LogP contribution is -2.46. The lowest BCUT2D eigenvalue weighted by atomic mass is 10.00. The van der Waals surface area contributed by atoms with Gasteiger partial charge in [0.2, 0.25) is 10.0 Å². The number of benzene rings is 1. The Balaban J connectivity index is 1.94. The maximum atomic E-state index is 12.0. The minimum atomic E-state index is -3.58. The van der Waals surface area contributed by atoms with E-state index >= 15 is 0 Å². The van der Waals surface area contributed by atoms with Gasteiger partial charge in [0.05, 0.1) is 16.5 Å². The third kappa shape index (κ3) is 4.39. The van der Waals surface area contributed by atoms with E-state index in [9.17, 15) is 23.3 Å². The number of sulfonamides is 1. The maximum absolute atomic E-state index is 12.0. The van der Waals surface area contributed by atoms with Crippen molar-refractivity contribution in [3.8, 4) is 6.07 Å². The van der Waals surface area contributed by atoms with E-state index in [1.807, 2.05) is 0 Å². The number of esters is 1. The smallest absolute Gasteiger partial charge is 0.338 e. The predicted molar refractivity (Wildman–Crippen MR) is 92.6 cm³/mol. The van der Waals surface area contributed by atoms with Crippen LogP contribution in [0, 0.1) is 11.3 Å². The van der Waals surface area contributed by atoms with Crippen molar-refractivity contribution in [1.29, 1.82) is 5.26 Å². The first kappa shape index (κ1) is 19.9. The van der Waals surface area contributed by atoms with Crippen molar-refractivity contribution >= 4 is 21.9 Å². The zero-order valence-corrected chi connectivity index (χ0v) is 15.5. The molecule has 1 N–H and O–H groups in total. The van der Waals surface area contributed by atoms with E-state index in [4.69, 9.17) is 4.74 Å². The molecule has 140 valence electrons. The molecule has 8 nitrogen and oxygen atoms in total. The molecule has 1 aromatic carbocycles. The lowest BCUT2D eigenvalue weighted by molar-refractivity contribution is -0.125. The Bertz CT molecular complexity index is 819. The second-order valence-corrected chi connectivity index (χ2v) is 8.49. The zero-order chi connectivity index (χ0) is 19.4. The van der Waals surface area contributed by atoms with Gasteiger partial charge in [-0.15, -0.1) is 0 Å². The van der Waals surface area contributed by atoms with Crippen LogP contribution in [-0.4, -0.2) is 50.8 Å². The summed E-state index contributed by atoms with van der Waals surface area (Å²) in [6.45, 7) is -0.500. The van der Waals surface area contributed by atoms with Crippen molar-refractivity contribution in [1.82, 2.24) is 9.62 Å². The van der Waals surface area contributed by atoms with Gasteiger partial charge in [0, 0.05) is 14.1 Å². The summed E-state index contributed by atoms with van der Waals surface area (Å²) in [5.74, 6) is -1.28. The van der Waals surface area contributed by atoms with E-state index in [2.05, 4.69) is 11.4 Å². The zero-order valence-electron chi connectivity index (χ0n) is 14.7. The Kier molecular flexibility index (Phi) is 6.00. The van der Waals surface area contributed by atoms with Crippen LogP contribution in [0.3, 0.4) is 0 Å². The fraction of sp³-hybridized carbons (Fsp3) is 0.471. The SMILES string of the molecule is CN(C)S(=O)(=O)c1ccc(C(=O)OCC(=O)NC2(C#N)CCCC2)cc1. The third-order valence-electron chi connectivity index (χ3n) is 4.25. The fourth-order valence-electron chi connectivity index (χ4n) is 2.73. The molecule has 26 heavy (non-hydrogen) atoms. The fourth-order valence-corrected chi connectivity index (χ4v) is 3.64. The van der Waals surface area contributed by atoms with E-state index in [0.29, 0.717) is 12.8 Å². The molecule has 2 rings (SSSR count). The first-order valence-corrected chi connectivity index (χ1v) is 9.56. The van der Waals surface area contributed by atoms with Crippen molar-refractivity contribution in [3.05, 3.63) is 29.8 Å². The second kappa shape index (κ2) is 7.85. The summed E-state index contributed by atoms with van der Waals surface area (Å²) in [5, 5.41) is 11.9. The summed E-state index contributed by atoms with van der Waals surface area (Å²) in [5.41, 5.74) is -0.738. The van der Waals surface area contributed by atoms with Gasteiger partial charge in [-0.3, -0.25) is 4.79 Å². The molecule has 1 aromatic rings. The van der Waals surface area contributed by atoms with Crippen LogP contribution in [0.5, 0.6) is 0 Å². The number of rotatable bonds is 6. The molecule has 1 amide bonds. The molecule has 0 unspecified atom stereocenters. The molecule has 0 aromatic heterocycles. The average Bonchev–Trinajstić information content (AvgIpc) is 3.08. The summed E-state index contributed by atoms with van der Waals surface area (Å²) < 4.78 is 30.0. The molecule has 0 atom stereocenters. The van der Waals surface area contributed by atoms with Crippen molar-refractivity contribution in [2.24, 2.45) is 0 Å². The highest BCUT2D eigenvalue weighted by Gasteiger charge is 2.35. The quantitative estimate of drug-likeness (QED) is 0.738. The van der Waals surface area contributed by atoms with E-state index in [1.54, 1.807) is 0 Å². The van der Waals surface area contributed by atoms with Crippen molar-refractivity contribution in [2.45, 2.75) is 36.1 Å². The highest BCUT2D eigenvalue weighted by atomic mass is 32.2. The number of nitrogens with one attached hydrogen (secondary N) is 1. The van der Waals surface area contributed by atoms with Crippen LogP contribution in [0.2, 0.25) is 0 Å². The van der Waals surface area contributed by atoms with Gasteiger partial charge in [0.15, 0.2) is 6.61 Å². The molecule has 0 saturated heterocycles. The molecule has 0 heterocycles. The van der Waals surface area contributed by atoms with Gasteiger partial charge in [-0.05, 0) is 49.9 Å². The van der Waals surface area contributed by atoms with Crippen molar-refractivity contribution in [3.63, 3.8) is 0 Å². The van der Waals surface area contributed by atoms with E-state index in [1.165, 1.54) is 38.4 Å². The Morgan fingerprint density at radius 2 is 1.81 bits per heavy atom. The summed E-state index contributed by atoms with van der Waals surface area (Å²) in [6, 6.07) is 7.37. The number of nitriles is 1. The molecule has 0 spiro atoms. The van der Waals surface area contributed by atoms with Crippen LogP contribution in [0.4, 0.5) is 0 Å². The number of amides is 1. The second-order valence-electron chi connectivity index (χ2n) is 6.34. The number of hydrogen-bond acceptors (Lipinski definition) is 6. The Morgan fingerprint density at radius 1 is 1.23 bits per heavy atom. The number of carbonyl (C=O) groups is 2. The average molecular weight is 379 g/mol. The third-order valence-corrected chi connectivity index (χ3v) is 6.08. The topological polar surface area (TPSA) is 117 Å². The minimum absolute atomic E-state index is 0.0500. The van der Waals surface area contributed by atoms with Gasteiger partial charge < -0.3 is 10.1 Å². The summed E-state index contributed by atoms with van der Waals surface area (Å²) >= 11 is 0. The molecule has 1 fully saturated rings. The molecule has 0 aliphatic heterocycles. The number of nitrogens with zero attached hydrogens (tertiary/aromatic N) is 2. The van der Waals surface area contributed by atoms with Crippen LogP contribution in [0.1, 0.15) is 36.0 Å². The summed E-state index contributed by atoms with van der Waals surface area (Å²) in [6.07, 6.45) is 2.92. The van der Waals surface area contributed by atoms with Crippen molar-refractivity contribution in [2.75, 3.05) is 20.7 Å². The molecule has 0 bridgehead atoms. The van der Waals surface area contributed by atoms with Gasteiger partial charge in [-0.2, -0.15) is 5.26 Å². The summed E-state index contributed by atoms with van der Waals surface area (Å²) in [4.78, 5) is 24.0. The van der Waals surface area contributed by atoms with E-state index in [0.717, 1.165) is 17.1 Å². The molecule has 1 saturated carbocycles.